The van der Waals surface area contributed by atoms with E-state index in [1.807, 2.05) is 0 Å². The van der Waals surface area contributed by atoms with Gasteiger partial charge in [-0.3, -0.25) is 4.90 Å². The lowest BCUT2D eigenvalue weighted by Crippen LogP contribution is -2.48. The number of fused-ring (bicyclic) bond motifs is 1. The maximum Gasteiger partial charge on any atom is 0.257 e. The first-order valence-corrected chi connectivity index (χ1v) is 12.7. The van der Waals surface area contributed by atoms with E-state index in [1.54, 1.807) is 6.92 Å². The van der Waals surface area contributed by atoms with Crippen LogP contribution in [0.3, 0.4) is 0 Å². The van der Waals surface area contributed by atoms with Crippen LogP contribution in [0.4, 0.5) is 8.78 Å². The first-order chi connectivity index (χ1) is 15.8. The topological polar surface area (TPSA) is 99.7 Å². The molecule has 3 atom stereocenters. The summed E-state index contributed by atoms with van der Waals surface area (Å²) in [5.41, 5.74) is 8.75. The molecule has 0 radical (unpaired) electrons. The predicted molar refractivity (Wildman–Crippen MR) is 116 cm³/mol. The van der Waals surface area contributed by atoms with Gasteiger partial charge in [0.15, 0.2) is 0 Å². The molecule has 0 spiro atoms. The van der Waals surface area contributed by atoms with Crippen LogP contribution in [0.5, 0.6) is 0 Å². The van der Waals surface area contributed by atoms with Gasteiger partial charge in [0.25, 0.3) is 10.0 Å². The molecule has 0 amide bonds. The Bertz CT molecular complexity index is 1150. The van der Waals surface area contributed by atoms with Crippen LogP contribution in [0.2, 0.25) is 0 Å². The van der Waals surface area contributed by atoms with Gasteiger partial charge in [0.2, 0.25) is 0 Å². The zero-order valence-electron chi connectivity index (χ0n) is 18.4. The van der Waals surface area contributed by atoms with Crippen molar-refractivity contribution < 1.29 is 26.7 Å². The van der Waals surface area contributed by atoms with Crippen LogP contribution in [0.15, 0.2) is 18.2 Å². The monoisotopic (exact) mass is 482 g/mol. The van der Waals surface area contributed by atoms with Crippen LogP contribution in [-0.4, -0.2) is 59.7 Å². The summed E-state index contributed by atoms with van der Waals surface area (Å²) in [5, 5.41) is 3.99. The molecule has 3 aliphatic heterocycles. The lowest BCUT2D eigenvalue weighted by Gasteiger charge is -2.38. The number of nitrogens with zero attached hydrogens (tertiary/aromatic N) is 3. The predicted octanol–water partition coefficient (Wildman–Crippen LogP) is 2.00. The Morgan fingerprint density at radius 3 is 2.64 bits per heavy atom. The van der Waals surface area contributed by atoms with E-state index in [0.717, 1.165) is 29.5 Å². The molecule has 2 saturated heterocycles. The number of ether oxygens (including phenoxy) is 2. The Morgan fingerprint density at radius 1 is 1.18 bits per heavy atom. The molecule has 2 fully saturated rings. The van der Waals surface area contributed by atoms with Gasteiger partial charge in [0.05, 0.1) is 23.2 Å². The third-order valence-corrected chi connectivity index (χ3v) is 9.16. The molecule has 0 bridgehead atoms. The summed E-state index contributed by atoms with van der Waals surface area (Å²) < 4.78 is 66.4. The molecule has 0 aliphatic carbocycles. The van der Waals surface area contributed by atoms with E-state index in [2.05, 4.69) is 10.00 Å². The molecule has 2 aromatic rings. The number of benzene rings is 1. The molecular formula is C22H28F2N4O4S. The molecular weight excluding hydrogens is 454 g/mol. The maximum atomic E-state index is 14.2. The molecule has 4 heterocycles. The molecule has 2 N–H and O–H groups in total. The molecule has 33 heavy (non-hydrogen) atoms. The van der Waals surface area contributed by atoms with Gasteiger partial charge in [-0.1, -0.05) is 0 Å². The fraction of sp³-hybridized carbons (Fsp3) is 0.591. The van der Waals surface area contributed by atoms with Crippen LogP contribution in [-0.2, 0) is 32.6 Å². The van der Waals surface area contributed by atoms with E-state index in [9.17, 15) is 17.2 Å². The molecule has 180 valence electrons. The lowest BCUT2D eigenvalue weighted by molar-refractivity contribution is -0.0533. The minimum atomic E-state index is -3.57. The first-order valence-electron chi connectivity index (χ1n) is 11.2. The fourth-order valence-electron chi connectivity index (χ4n) is 5.13. The number of nitrogens with two attached hydrogens (primary N) is 1. The molecule has 1 aromatic carbocycles. The van der Waals surface area contributed by atoms with Gasteiger partial charge in [-0.15, -0.1) is 0 Å². The van der Waals surface area contributed by atoms with Gasteiger partial charge >= 0.3 is 0 Å². The van der Waals surface area contributed by atoms with Crippen molar-refractivity contribution in [3.05, 3.63) is 52.3 Å². The van der Waals surface area contributed by atoms with Crippen LogP contribution < -0.4 is 5.73 Å². The standard InChI is InChI=1S/C22H28F2N4O4S/c1-13-18-10-27(11-21(18)26-28(13)33(29,30)16-4-6-31-7-5-16)15-9-20(25)22(32-12-15)17-8-14(23)2-3-19(17)24/h2-3,8,15-16,20,22H,4-7,9-12,25H2,1H3/t15-,20+,22-/m1/s1. The van der Waals surface area contributed by atoms with Crippen LogP contribution in [0.25, 0.3) is 0 Å². The van der Waals surface area contributed by atoms with Crippen molar-refractivity contribution in [1.82, 2.24) is 14.1 Å². The summed E-state index contributed by atoms with van der Waals surface area (Å²) in [4.78, 5) is 2.16. The molecule has 5 rings (SSSR count). The summed E-state index contributed by atoms with van der Waals surface area (Å²) in [7, 11) is -3.57. The van der Waals surface area contributed by atoms with Gasteiger partial charge in [-0.05, 0) is 44.4 Å². The summed E-state index contributed by atoms with van der Waals surface area (Å²) in [5.74, 6) is -1.07. The highest BCUT2D eigenvalue weighted by atomic mass is 32.2. The van der Waals surface area contributed by atoms with Gasteiger partial charge in [-0.25, -0.2) is 17.2 Å². The third-order valence-electron chi connectivity index (χ3n) is 7.01. The lowest BCUT2D eigenvalue weighted by atomic mass is 9.93. The van der Waals surface area contributed by atoms with E-state index < -0.39 is 39.1 Å². The average molecular weight is 483 g/mol. The Kier molecular flexibility index (Phi) is 6.02. The van der Waals surface area contributed by atoms with E-state index >= 15 is 0 Å². The summed E-state index contributed by atoms with van der Waals surface area (Å²) in [6, 6.07) is 2.77. The minimum Gasteiger partial charge on any atom is -0.381 e. The third kappa shape index (κ3) is 4.10. The molecule has 8 nitrogen and oxygen atoms in total. The zero-order chi connectivity index (χ0) is 23.3. The number of aromatic nitrogens is 2. The van der Waals surface area contributed by atoms with Crippen molar-refractivity contribution in [2.24, 2.45) is 5.73 Å². The molecule has 0 unspecified atom stereocenters. The van der Waals surface area contributed by atoms with Gasteiger partial charge in [-0.2, -0.15) is 9.19 Å². The average Bonchev–Trinajstić information content (AvgIpc) is 3.36. The Morgan fingerprint density at radius 2 is 1.94 bits per heavy atom. The van der Waals surface area contributed by atoms with Gasteiger partial charge in [0, 0.05) is 49.5 Å². The molecule has 3 aliphatic rings. The van der Waals surface area contributed by atoms with Crippen molar-refractivity contribution in [1.29, 1.82) is 0 Å². The van der Waals surface area contributed by atoms with Crippen LogP contribution >= 0.6 is 0 Å². The smallest absolute Gasteiger partial charge is 0.257 e. The number of halogens is 2. The number of hydrogen-bond donors (Lipinski definition) is 1. The first kappa shape index (κ1) is 22.9. The normalized spacial score (nSPS) is 27.1. The summed E-state index contributed by atoms with van der Waals surface area (Å²) in [6.07, 6.45) is 0.785. The highest BCUT2D eigenvalue weighted by Gasteiger charge is 2.39. The summed E-state index contributed by atoms with van der Waals surface area (Å²) >= 11 is 0. The Hall–Kier alpha value is -1.92. The largest absolute Gasteiger partial charge is 0.381 e. The quantitative estimate of drug-likeness (QED) is 0.712. The second-order valence-corrected chi connectivity index (χ2v) is 11.1. The van der Waals surface area contributed by atoms with Gasteiger partial charge in [0.1, 0.15) is 17.7 Å². The van der Waals surface area contributed by atoms with Crippen molar-refractivity contribution in [2.75, 3.05) is 19.8 Å². The highest BCUT2D eigenvalue weighted by Crippen LogP contribution is 2.35. The highest BCUT2D eigenvalue weighted by molar-refractivity contribution is 7.90. The Labute approximate surface area is 191 Å². The molecule has 0 saturated carbocycles. The van der Waals surface area contributed by atoms with E-state index in [4.69, 9.17) is 15.2 Å². The number of hydrogen-bond acceptors (Lipinski definition) is 7. The van der Waals surface area contributed by atoms with Crippen molar-refractivity contribution in [2.45, 2.75) is 62.7 Å². The summed E-state index contributed by atoms with van der Waals surface area (Å²) in [6.45, 7) is 4.03. The maximum absolute atomic E-state index is 14.2. The van der Waals surface area contributed by atoms with Crippen molar-refractivity contribution in [3.8, 4) is 0 Å². The SMILES string of the molecule is Cc1c2c(nn1S(=O)(=O)C1CCOCC1)CN([C@H]1CO[C@H](c3cc(F)ccc3F)[C@@H](N)C1)C2. The molecule has 1 aromatic heterocycles. The fourth-order valence-corrected chi connectivity index (χ4v) is 6.90. The zero-order valence-corrected chi connectivity index (χ0v) is 19.2. The molecule has 11 heteroatoms. The van der Waals surface area contributed by atoms with Crippen LogP contribution in [0, 0.1) is 18.6 Å². The van der Waals surface area contributed by atoms with E-state index in [0.29, 0.717) is 57.9 Å². The van der Waals surface area contributed by atoms with Gasteiger partial charge < -0.3 is 15.2 Å². The van der Waals surface area contributed by atoms with E-state index in [-0.39, 0.29) is 11.6 Å². The second kappa shape index (κ2) is 8.70. The second-order valence-electron chi connectivity index (χ2n) is 9.09. The van der Waals surface area contributed by atoms with Crippen LogP contribution in [0.1, 0.15) is 47.9 Å². The number of rotatable bonds is 4. The minimum absolute atomic E-state index is 0.0259. The van der Waals surface area contributed by atoms with Crippen molar-refractivity contribution in [3.63, 3.8) is 0 Å². The van der Waals surface area contributed by atoms with Crippen molar-refractivity contribution >= 4 is 10.0 Å². The Balaban J connectivity index is 1.28. The van der Waals surface area contributed by atoms with E-state index in [1.165, 1.54) is 4.09 Å².